The first-order valence-electron chi connectivity index (χ1n) is 4.75. The van der Waals surface area contributed by atoms with E-state index in [0.717, 1.165) is 28.7 Å². The second-order valence-corrected chi connectivity index (χ2v) is 6.12. The van der Waals surface area contributed by atoms with Crippen LogP contribution in [0.2, 0.25) is 10.0 Å². The number of halogens is 3. The summed E-state index contributed by atoms with van der Waals surface area (Å²) in [5, 5.41) is 1.50. The number of benzene rings is 1. The molecule has 1 unspecified atom stereocenters. The van der Waals surface area contributed by atoms with Gasteiger partial charge in [-0.05, 0) is 30.8 Å². The van der Waals surface area contributed by atoms with Crippen LogP contribution in [0.5, 0.6) is 0 Å². The fourth-order valence-corrected chi connectivity index (χ4v) is 2.32. The Balaban J connectivity index is 2.67. The third-order valence-electron chi connectivity index (χ3n) is 2.01. The largest absolute Gasteiger partial charge is 0.301 e. The first-order chi connectivity index (χ1) is 6.99. The summed E-state index contributed by atoms with van der Waals surface area (Å²) in [6.45, 7) is 3.91. The molecule has 0 N–H and O–H groups in total. The van der Waals surface area contributed by atoms with Crippen molar-refractivity contribution in [3.63, 3.8) is 0 Å². The van der Waals surface area contributed by atoms with Gasteiger partial charge in [0.1, 0.15) is 0 Å². The summed E-state index contributed by atoms with van der Waals surface area (Å²) in [5.41, 5.74) is 1.07. The van der Waals surface area contributed by atoms with Gasteiger partial charge in [0.15, 0.2) is 0 Å². The molecule has 1 aromatic rings. The molecule has 0 aliphatic heterocycles. The molecule has 0 amide bonds. The molecule has 84 valence electrons. The van der Waals surface area contributed by atoms with Gasteiger partial charge in [0, 0.05) is 28.0 Å². The summed E-state index contributed by atoms with van der Waals surface area (Å²) >= 11 is 15.5. The van der Waals surface area contributed by atoms with E-state index in [-0.39, 0.29) is 0 Å². The molecule has 1 atom stereocenters. The van der Waals surface area contributed by atoms with Crippen LogP contribution in [0.3, 0.4) is 0 Å². The van der Waals surface area contributed by atoms with Crippen LogP contribution < -0.4 is 0 Å². The Morgan fingerprint density at radius 1 is 1.40 bits per heavy atom. The normalized spacial score (nSPS) is 13.2. The van der Waals surface area contributed by atoms with Crippen molar-refractivity contribution in [2.45, 2.75) is 18.3 Å². The average molecular weight is 311 g/mol. The van der Waals surface area contributed by atoms with Crippen LogP contribution in [0.15, 0.2) is 18.2 Å². The molecule has 0 saturated carbocycles. The number of nitrogens with zero attached hydrogens (tertiary/aromatic N) is 1. The highest BCUT2D eigenvalue weighted by Crippen LogP contribution is 2.21. The molecule has 0 bridgehead atoms. The highest BCUT2D eigenvalue weighted by molar-refractivity contribution is 9.09. The monoisotopic (exact) mass is 309 g/mol. The molecule has 1 rings (SSSR count). The molecule has 15 heavy (non-hydrogen) atoms. The smallest absolute Gasteiger partial charge is 0.0452 e. The molecule has 1 aromatic carbocycles. The maximum atomic E-state index is 6.08. The zero-order valence-corrected chi connectivity index (χ0v) is 11.9. The van der Waals surface area contributed by atoms with Gasteiger partial charge in [-0.3, -0.25) is 0 Å². The Hall–Kier alpha value is 0.240. The Morgan fingerprint density at radius 2 is 2.07 bits per heavy atom. The number of hydrogen-bond donors (Lipinski definition) is 0. The minimum absolute atomic E-state index is 0.473. The van der Waals surface area contributed by atoms with Crippen LogP contribution in [0.25, 0.3) is 0 Å². The van der Waals surface area contributed by atoms with E-state index in [1.54, 1.807) is 6.07 Å². The van der Waals surface area contributed by atoms with Crippen LogP contribution in [0, 0.1) is 0 Å². The highest BCUT2D eigenvalue weighted by atomic mass is 79.9. The van der Waals surface area contributed by atoms with Gasteiger partial charge in [0.2, 0.25) is 0 Å². The summed E-state index contributed by atoms with van der Waals surface area (Å²) in [5.74, 6) is 0. The van der Waals surface area contributed by atoms with Gasteiger partial charge < -0.3 is 4.90 Å². The lowest BCUT2D eigenvalue weighted by Crippen LogP contribution is -2.24. The van der Waals surface area contributed by atoms with E-state index in [9.17, 15) is 0 Å². The van der Waals surface area contributed by atoms with E-state index in [1.807, 2.05) is 12.1 Å². The minimum atomic E-state index is 0.473. The van der Waals surface area contributed by atoms with Crippen molar-refractivity contribution < 1.29 is 0 Å². The van der Waals surface area contributed by atoms with E-state index in [0.29, 0.717) is 4.83 Å². The predicted octanol–water partition coefficient (Wildman–Crippen LogP) is 4.21. The Labute approximate surface area is 109 Å². The van der Waals surface area contributed by atoms with E-state index in [1.165, 1.54) is 0 Å². The highest BCUT2D eigenvalue weighted by Gasteiger charge is 2.07. The maximum Gasteiger partial charge on any atom is 0.0452 e. The fraction of sp³-hybridized carbons (Fsp3) is 0.455. The average Bonchev–Trinajstić information content (AvgIpc) is 2.10. The lowest BCUT2D eigenvalue weighted by molar-refractivity contribution is 0.333. The van der Waals surface area contributed by atoms with E-state index in [2.05, 4.69) is 34.8 Å². The molecule has 0 aliphatic rings. The third-order valence-corrected chi connectivity index (χ3v) is 2.90. The van der Waals surface area contributed by atoms with Gasteiger partial charge in [-0.15, -0.1) is 0 Å². The molecular weight excluding hydrogens is 297 g/mol. The topological polar surface area (TPSA) is 3.24 Å². The molecule has 1 nitrogen and oxygen atoms in total. The quantitative estimate of drug-likeness (QED) is 0.753. The SMILES string of the molecule is CC(Br)CN(C)Cc1cc(Cl)ccc1Cl. The van der Waals surface area contributed by atoms with Crippen molar-refractivity contribution in [2.24, 2.45) is 0 Å². The molecule has 4 heteroatoms. The van der Waals surface area contributed by atoms with Gasteiger partial charge in [-0.25, -0.2) is 0 Å². The van der Waals surface area contributed by atoms with E-state index < -0.39 is 0 Å². The Morgan fingerprint density at radius 3 is 2.67 bits per heavy atom. The van der Waals surface area contributed by atoms with Gasteiger partial charge in [-0.1, -0.05) is 46.1 Å². The maximum absolute atomic E-state index is 6.08. The van der Waals surface area contributed by atoms with E-state index in [4.69, 9.17) is 23.2 Å². The van der Waals surface area contributed by atoms with Crippen molar-refractivity contribution in [3.8, 4) is 0 Å². The molecule has 0 radical (unpaired) electrons. The summed E-state index contributed by atoms with van der Waals surface area (Å²) in [7, 11) is 2.06. The first-order valence-corrected chi connectivity index (χ1v) is 6.42. The number of rotatable bonds is 4. The summed E-state index contributed by atoms with van der Waals surface area (Å²) in [4.78, 5) is 2.68. The van der Waals surface area contributed by atoms with Crippen LogP contribution in [-0.4, -0.2) is 23.3 Å². The molecule has 0 heterocycles. The zero-order chi connectivity index (χ0) is 11.4. The zero-order valence-electron chi connectivity index (χ0n) is 8.80. The lowest BCUT2D eigenvalue weighted by atomic mass is 10.2. The van der Waals surface area contributed by atoms with Gasteiger partial charge in [0.25, 0.3) is 0 Å². The fourth-order valence-electron chi connectivity index (χ4n) is 1.45. The lowest BCUT2D eigenvalue weighted by Gasteiger charge is -2.18. The second kappa shape index (κ2) is 6.09. The first kappa shape index (κ1) is 13.3. The van der Waals surface area contributed by atoms with Crippen molar-refractivity contribution >= 4 is 39.1 Å². The van der Waals surface area contributed by atoms with Crippen LogP contribution in [0.4, 0.5) is 0 Å². The van der Waals surface area contributed by atoms with Crippen LogP contribution >= 0.6 is 39.1 Å². The van der Waals surface area contributed by atoms with Gasteiger partial charge in [-0.2, -0.15) is 0 Å². The molecule has 0 aromatic heterocycles. The Bertz CT molecular complexity index is 328. The molecule has 0 fully saturated rings. The Kier molecular flexibility index (Phi) is 5.41. The summed E-state index contributed by atoms with van der Waals surface area (Å²) in [6, 6.07) is 5.56. The van der Waals surface area contributed by atoms with Gasteiger partial charge in [0.05, 0.1) is 0 Å². The standard InChI is InChI=1S/C11H14BrCl2N/c1-8(12)6-15(2)7-9-5-10(13)3-4-11(9)14/h3-5,8H,6-7H2,1-2H3. The summed E-state index contributed by atoms with van der Waals surface area (Å²) < 4.78 is 0. The minimum Gasteiger partial charge on any atom is -0.301 e. The van der Waals surface area contributed by atoms with Crippen molar-refractivity contribution in [2.75, 3.05) is 13.6 Å². The second-order valence-electron chi connectivity index (χ2n) is 3.71. The van der Waals surface area contributed by atoms with Crippen LogP contribution in [-0.2, 0) is 6.54 Å². The molecule has 0 saturated heterocycles. The van der Waals surface area contributed by atoms with Crippen LogP contribution in [0.1, 0.15) is 12.5 Å². The molecular formula is C11H14BrCl2N. The van der Waals surface area contributed by atoms with Crippen molar-refractivity contribution in [1.82, 2.24) is 4.90 Å². The predicted molar refractivity (Wildman–Crippen MR) is 71.2 cm³/mol. The third kappa shape index (κ3) is 4.73. The van der Waals surface area contributed by atoms with E-state index >= 15 is 0 Å². The number of hydrogen-bond acceptors (Lipinski definition) is 1. The van der Waals surface area contributed by atoms with Crippen molar-refractivity contribution in [1.29, 1.82) is 0 Å². The molecule has 0 spiro atoms. The molecule has 0 aliphatic carbocycles. The number of alkyl halides is 1. The summed E-state index contributed by atoms with van der Waals surface area (Å²) in [6.07, 6.45) is 0. The van der Waals surface area contributed by atoms with Crippen molar-refractivity contribution in [3.05, 3.63) is 33.8 Å². The van der Waals surface area contributed by atoms with Gasteiger partial charge >= 0.3 is 0 Å².